The van der Waals surface area contributed by atoms with Crippen LogP contribution in [-0.2, 0) is 0 Å². The lowest BCUT2D eigenvalue weighted by molar-refractivity contribution is 0.300. The molecule has 0 radical (unpaired) electrons. The van der Waals surface area contributed by atoms with E-state index in [1.807, 2.05) is 0 Å². The van der Waals surface area contributed by atoms with Gasteiger partial charge in [0.05, 0.1) is 0 Å². The molecule has 0 bridgehead atoms. The minimum atomic E-state index is 0.985. The summed E-state index contributed by atoms with van der Waals surface area (Å²) >= 11 is 0. The van der Waals surface area contributed by atoms with Crippen molar-refractivity contribution in [2.75, 3.05) is 66.5 Å². The van der Waals surface area contributed by atoms with E-state index in [-0.39, 0.29) is 0 Å². The Labute approximate surface area is 126 Å². The Morgan fingerprint density at radius 1 is 0.850 bits per heavy atom. The van der Waals surface area contributed by atoms with Gasteiger partial charge in [-0.3, -0.25) is 0 Å². The molecular weight excluding hydrogens is 248 g/mol. The lowest BCUT2D eigenvalue weighted by Gasteiger charge is -2.17. The van der Waals surface area contributed by atoms with Gasteiger partial charge in [-0.1, -0.05) is 26.0 Å². The van der Waals surface area contributed by atoms with Gasteiger partial charge in [-0.25, -0.2) is 0 Å². The maximum Gasteiger partial charge on any atom is 0.0160 e. The van der Waals surface area contributed by atoms with Gasteiger partial charge in [0.15, 0.2) is 0 Å². The van der Waals surface area contributed by atoms with E-state index >= 15 is 0 Å². The molecule has 0 aliphatic rings. The lowest BCUT2D eigenvalue weighted by atomic mass is 10.3. The van der Waals surface area contributed by atoms with Crippen molar-refractivity contribution in [1.29, 1.82) is 0 Å². The highest BCUT2D eigenvalue weighted by Gasteiger charge is 1.97. The summed E-state index contributed by atoms with van der Waals surface area (Å²) in [5.74, 6) is 0. The fourth-order valence-corrected chi connectivity index (χ4v) is 1.90. The van der Waals surface area contributed by atoms with Gasteiger partial charge in [0, 0.05) is 13.1 Å². The lowest BCUT2D eigenvalue weighted by Crippen LogP contribution is -2.25. The average molecular weight is 284 g/mol. The molecule has 0 amide bonds. The van der Waals surface area contributed by atoms with Crippen molar-refractivity contribution >= 4 is 0 Å². The number of hydrogen-bond acceptors (Lipinski definition) is 4. The van der Waals surface area contributed by atoms with Crippen LogP contribution in [0.5, 0.6) is 0 Å². The van der Waals surface area contributed by atoms with Crippen LogP contribution in [0.3, 0.4) is 0 Å². The molecule has 0 unspecified atom stereocenters. The van der Waals surface area contributed by atoms with Crippen LogP contribution in [0, 0.1) is 0 Å². The number of likely N-dealkylation sites (N-methyl/N-ethyl adjacent to an activating group) is 1. The quantitative estimate of drug-likeness (QED) is 0.373. The maximum atomic E-state index is 3.43. The Balaban J connectivity index is 3.32. The van der Waals surface area contributed by atoms with Crippen molar-refractivity contribution in [3.63, 3.8) is 0 Å². The molecule has 4 heteroatoms. The first-order valence-corrected chi connectivity index (χ1v) is 8.14. The van der Waals surface area contributed by atoms with Crippen LogP contribution in [0.1, 0.15) is 26.7 Å². The summed E-state index contributed by atoms with van der Waals surface area (Å²) in [6, 6.07) is 0. The van der Waals surface area contributed by atoms with Gasteiger partial charge in [-0.2, -0.15) is 0 Å². The Bertz CT molecular complexity index is 219. The third-order valence-electron chi connectivity index (χ3n) is 3.42. The molecule has 120 valence electrons. The normalized spacial score (nSPS) is 12.1. The average Bonchev–Trinajstić information content (AvgIpc) is 2.45. The third kappa shape index (κ3) is 14.0. The predicted octanol–water partition coefficient (Wildman–Crippen LogP) is 1.41. The molecule has 0 heterocycles. The number of hydrogen-bond donors (Lipinski definition) is 2. The second kappa shape index (κ2) is 15.0. The monoisotopic (exact) mass is 284 g/mol. The number of nitrogens with one attached hydrogen (secondary N) is 2. The van der Waals surface area contributed by atoms with Gasteiger partial charge >= 0.3 is 0 Å². The summed E-state index contributed by atoms with van der Waals surface area (Å²) in [7, 11) is 4.38. The fourth-order valence-electron chi connectivity index (χ4n) is 1.90. The van der Waals surface area contributed by atoms with Crippen LogP contribution in [-0.4, -0.2) is 76.3 Å². The molecule has 4 nitrogen and oxygen atoms in total. The van der Waals surface area contributed by atoms with Gasteiger partial charge in [-0.15, -0.1) is 0 Å². The summed E-state index contributed by atoms with van der Waals surface area (Å²) in [6.45, 7) is 13.2. The minimum absolute atomic E-state index is 0.985. The molecule has 0 saturated carbocycles. The molecule has 0 aromatic carbocycles. The van der Waals surface area contributed by atoms with Crippen LogP contribution in [0.2, 0.25) is 0 Å². The van der Waals surface area contributed by atoms with Gasteiger partial charge in [0.1, 0.15) is 0 Å². The molecule has 0 fully saturated rings. The van der Waals surface area contributed by atoms with Crippen molar-refractivity contribution in [3.8, 4) is 0 Å². The summed E-state index contributed by atoms with van der Waals surface area (Å²) in [6.07, 6.45) is 6.95. The number of nitrogens with zero attached hydrogens (tertiary/aromatic N) is 2. The molecule has 20 heavy (non-hydrogen) atoms. The van der Waals surface area contributed by atoms with E-state index in [2.05, 4.69) is 60.5 Å². The summed E-state index contributed by atoms with van der Waals surface area (Å²) in [5, 5.41) is 6.76. The van der Waals surface area contributed by atoms with Crippen LogP contribution in [0.15, 0.2) is 12.2 Å². The van der Waals surface area contributed by atoms with E-state index in [1.165, 1.54) is 25.9 Å². The molecule has 0 atom stereocenters. The molecule has 0 aliphatic carbocycles. The fraction of sp³-hybridized carbons (Fsp3) is 0.875. The van der Waals surface area contributed by atoms with Crippen LogP contribution < -0.4 is 10.6 Å². The highest BCUT2D eigenvalue weighted by atomic mass is 15.1. The molecule has 0 aliphatic heterocycles. The van der Waals surface area contributed by atoms with Crippen molar-refractivity contribution in [1.82, 2.24) is 20.4 Å². The zero-order chi connectivity index (χ0) is 15.1. The van der Waals surface area contributed by atoms with Gasteiger partial charge in [0.2, 0.25) is 0 Å². The highest BCUT2D eigenvalue weighted by Crippen LogP contribution is 1.91. The largest absolute Gasteiger partial charge is 0.317 e. The molecule has 0 spiro atoms. The van der Waals surface area contributed by atoms with Crippen LogP contribution in [0.4, 0.5) is 0 Å². The van der Waals surface area contributed by atoms with Crippen molar-refractivity contribution in [3.05, 3.63) is 12.2 Å². The van der Waals surface area contributed by atoms with E-state index in [0.717, 1.165) is 39.3 Å². The topological polar surface area (TPSA) is 30.5 Å². The Morgan fingerprint density at radius 2 is 1.55 bits per heavy atom. The first-order valence-electron chi connectivity index (χ1n) is 8.14. The van der Waals surface area contributed by atoms with E-state index < -0.39 is 0 Å². The summed E-state index contributed by atoms with van der Waals surface area (Å²) < 4.78 is 0. The van der Waals surface area contributed by atoms with E-state index in [1.54, 1.807) is 0 Å². The molecule has 2 N–H and O–H groups in total. The predicted molar refractivity (Wildman–Crippen MR) is 90.5 cm³/mol. The van der Waals surface area contributed by atoms with Gasteiger partial charge < -0.3 is 20.4 Å². The second-order valence-electron chi connectivity index (χ2n) is 5.39. The molecule has 0 rings (SSSR count). The summed E-state index contributed by atoms with van der Waals surface area (Å²) in [5.41, 5.74) is 0. The second-order valence-corrected chi connectivity index (χ2v) is 5.39. The maximum absolute atomic E-state index is 3.43. The first-order chi connectivity index (χ1) is 9.70. The zero-order valence-corrected chi connectivity index (χ0v) is 14.1. The van der Waals surface area contributed by atoms with Crippen molar-refractivity contribution in [2.24, 2.45) is 0 Å². The summed E-state index contributed by atoms with van der Waals surface area (Å²) in [4.78, 5) is 4.74. The molecule has 0 aromatic rings. The standard InChI is InChI=1S/C16H36N4/c1-5-17-12-9-13-18-11-7-8-14-20(4)16-10-15-19(3)6-2/h7-8,17-18H,5-6,9-16H2,1-4H3/b8-7+. The molecule has 0 saturated heterocycles. The van der Waals surface area contributed by atoms with Crippen molar-refractivity contribution in [2.45, 2.75) is 26.7 Å². The highest BCUT2D eigenvalue weighted by molar-refractivity contribution is 4.86. The Kier molecular flexibility index (Phi) is 14.7. The van der Waals surface area contributed by atoms with Crippen LogP contribution in [0.25, 0.3) is 0 Å². The molecular formula is C16H36N4. The van der Waals surface area contributed by atoms with E-state index in [9.17, 15) is 0 Å². The van der Waals surface area contributed by atoms with E-state index in [0.29, 0.717) is 0 Å². The first kappa shape index (κ1) is 19.6. The SMILES string of the molecule is CCNCCCNC/C=C/CN(C)CCCN(C)CC. The Hall–Kier alpha value is -0.420. The van der Waals surface area contributed by atoms with E-state index in [4.69, 9.17) is 0 Å². The minimum Gasteiger partial charge on any atom is -0.317 e. The number of rotatable bonds is 14. The van der Waals surface area contributed by atoms with Gasteiger partial charge in [0.25, 0.3) is 0 Å². The van der Waals surface area contributed by atoms with Gasteiger partial charge in [-0.05, 0) is 66.2 Å². The van der Waals surface area contributed by atoms with Crippen LogP contribution >= 0.6 is 0 Å². The Morgan fingerprint density at radius 3 is 2.25 bits per heavy atom. The molecule has 0 aromatic heterocycles. The van der Waals surface area contributed by atoms with Crippen molar-refractivity contribution < 1.29 is 0 Å². The zero-order valence-electron chi connectivity index (χ0n) is 14.1. The third-order valence-corrected chi connectivity index (χ3v) is 3.42. The smallest absolute Gasteiger partial charge is 0.0160 e.